The van der Waals surface area contributed by atoms with E-state index in [1.807, 2.05) is 21.1 Å². The minimum absolute atomic E-state index is 0.0394. The van der Waals surface area contributed by atoms with E-state index in [0.717, 1.165) is 122 Å². The number of unbranched alkanes of at least 4 members (excludes halogenated alkanes) is 19. The van der Waals surface area contributed by atoms with Crippen molar-refractivity contribution >= 4 is 19.8 Å². The predicted octanol–water partition coefficient (Wildman–Crippen LogP) is 19.1. The third kappa shape index (κ3) is 61.4. The van der Waals surface area contributed by atoms with Crippen LogP contribution in [0.3, 0.4) is 0 Å². The van der Waals surface area contributed by atoms with Crippen molar-refractivity contribution in [1.29, 1.82) is 0 Å². The number of ether oxygens (including phenoxy) is 2. The molecule has 2 unspecified atom stereocenters. The maximum absolute atomic E-state index is 12.8. The fraction of sp³-hybridized carbons (Fsp3) is 0.647. The summed E-state index contributed by atoms with van der Waals surface area (Å²) in [5, 5.41) is 0. The van der Waals surface area contributed by atoms with Crippen LogP contribution in [0.5, 0.6) is 0 Å². The van der Waals surface area contributed by atoms with E-state index in [4.69, 9.17) is 18.5 Å². The van der Waals surface area contributed by atoms with Crippen LogP contribution in [0.15, 0.2) is 134 Å². The number of carbonyl (C=O) groups is 2. The summed E-state index contributed by atoms with van der Waals surface area (Å²) < 4.78 is 34.1. The molecule has 0 aliphatic heterocycles. The van der Waals surface area contributed by atoms with E-state index in [1.165, 1.54) is 70.6 Å². The molecule has 0 N–H and O–H groups in total. The summed E-state index contributed by atoms with van der Waals surface area (Å²) in [6.07, 6.45) is 83.7. The Morgan fingerprint density at radius 3 is 1.03 bits per heavy atom. The summed E-state index contributed by atoms with van der Waals surface area (Å²) in [6.45, 7) is 3.98. The third-order valence-corrected chi connectivity index (χ3v) is 13.6. The van der Waals surface area contributed by atoms with Crippen molar-refractivity contribution in [2.24, 2.45) is 0 Å². The molecule has 0 aliphatic carbocycles. The average Bonchev–Trinajstić information content (AvgIpc) is 3.41. The Morgan fingerprint density at radius 2 is 0.692 bits per heavy atom. The molecule has 0 saturated heterocycles. The van der Waals surface area contributed by atoms with Crippen LogP contribution in [-0.2, 0) is 32.7 Å². The van der Waals surface area contributed by atoms with Gasteiger partial charge in [-0.05, 0) is 109 Å². The highest BCUT2D eigenvalue weighted by Gasteiger charge is 2.22. The zero-order valence-corrected chi connectivity index (χ0v) is 51.2. The molecule has 0 aromatic rings. The van der Waals surface area contributed by atoms with Crippen molar-refractivity contribution < 1.29 is 42.1 Å². The summed E-state index contributed by atoms with van der Waals surface area (Å²) >= 11 is 0. The molecule has 0 amide bonds. The molecular formula is C68H114NO8P. The smallest absolute Gasteiger partial charge is 0.306 e. The van der Waals surface area contributed by atoms with E-state index in [9.17, 15) is 19.0 Å². The second kappa shape index (κ2) is 57.8. The van der Waals surface area contributed by atoms with Gasteiger partial charge in [-0.25, -0.2) is 0 Å². The van der Waals surface area contributed by atoms with Crippen molar-refractivity contribution in [3.05, 3.63) is 134 Å². The number of likely N-dealkylation sites (N-methyl/N-ethyl adjacent to an activating group) is 1. The molecule has 0 bridgehead atoms. The number of quaternary nitrogens is 1. The Labute approximate surface area is 479 Å². The SMILES string of the molecule is CC/C=C\C/C=C\C/C=C\C/C=C\C/C=C\C/C=C\C/C=C\C/C=C\CCCCCCCCCCCCCCCCC(=O)OC(COC(=O)CCCCCCC/C=C\C/C=C\C/C=C\CC)COP(=O)([O-])OCC[N+](C)(C)C. The highest BCUT2D eigenvalue weighted by molar-refractivity contribution is 7.45. The lowest BCUT2D eigenvalue weighted by atomic mass is 10.0. The summed E-state index contributed by atoms with van der Waals surface area (Å²) in [5.74, 6) is -0.859. The topological polar surface area (TPSA) is 111 Å². The van der Waals surface area contributed by atoms with Crippen molar-refractivity contribution in [1.82, 2.24) is 0 Å². The number of esters is 2. The molecule has 0 aromatic carbocycles. The van der Waals surface area contributed by atoms with Gasteiger partial charge < -0.3 is 27.9 Å². The van der Waals surface area contributed by atoms with Crippen LogP contribution >= 0.6 is 7.82 Å². The van der Waals surface area contributed by atoms with Gasteiger partial charge in [0.2, 0.25) is 0 Å². The molecule has 0 saturated carbocycles. The molecule has 10 heteroatoms. The van der Waals surface area contributed by atoms with Gasteiger partial charge in [0.05, 0.1) is 27.7 Å². The molecule has 0 aromatic heterocycles. The van der Waals surface area contributed by atoms with Crippen LogP contribution in [0.1, 0.15) is 232 Å². The second-order valence-electron chi connectivity index (χ2n) is 21.3. The van der Waals surface area contributed by atoms with Crippen LogP contribution in [-0.4, -0.2) is 70.0 Å². The number of nitrogens with zero attached hydrogens (tertiary/aromatic N) is 1. The molecule has 0 spiro atoms. The van der Waals surface area contributed by atoms with Gasteiger partial charge in [0, 0.05) is 12.8 Å². The number of hydrogen-bond acceptors (Lipinski definition) is 8. The minimum atomic E-state index is -4.65. The standard InChI is InChI=1S/C68H114NO8P/c1-6-8-10-12-14-16-18-20-22-23-24-25-26-27-28-29-30-31-32-33-34-35-36-37-38-39-40-41-42-43-44-45-47-49-51-53-55-57-59-61-68(71)77-66(65-76-78(72,73)75-63-62-69(3,4)5)64-74-67(70)60-58-56-54-52-50-48-46-21-19-17-15-13-11-9-7-2/h8-11,14-17,20-22,24-25,27-28,30-31,33-34,36-37,46,66H,6-7,12-13,18-19,23,26,29,32,35,38-45,47-65H2,1-5H3/b10-8-,11-9-,16-14-,17-15-,22-20-,25-24-,28-27-,31-30-,34-33-,37-36-,46-21-. The molecule has 0 rings (SSSR count). The molecule has 9 nitrogen and oxygen atoms in total. The monoisotopic (exact) mass is 1100 g/mol. The predicted molar refractivity (Wildman–Crippen MR) is 332 cm³/mol. The fourth-order valence-corrected chi connectivity index (χ4v) is 8.71. The van der Waals surface area contributed by atoms with Gasteiger partial charge in [-0.1, -0.05) is 244 Å². The van der Waals surface area contributed by atoms with Gasteiger partial charge in [-0.15, -0.1) is 0 Å². The van der Waals surface area contributed by atoms with E-state index in [2.05, 4.69) is 148 Å². The lowest BCUT2D eigenvalue weighted by molar-refractivity contribution is -0.870. The van der Waals surface area contributed by atoms with Gasteiger partial charge in [-0.3, -0.25) is 14.2 Å². The van der Waals surface area contributed by atoms with E-state index in [0.29, 0.717) is 23.9 Å². The fourth-order valence-electron chi connectivity index (χ4n) is 7.98. The zero-order valence-electron chi connectivity index (χ0n) is 50.3. The normalized spacial score (nSPS) is 14.2. The van der Waals surface area contributed by atoms with Crippen LogP contribution in [0.25, 0.3) is 0 Å². The van der Waals surface area contributed by atoms with Crippen LogP contribution in [0.4, 0.5) is 0 Å². The van der Waals surface area contributed by atoms with Gasteiger partial charge in [-0.2, -0.15) is 0 Å². The number of phosphoric ester groups is 1. The summed E-state index contributed by atoms with van der Waals surface area (Å²) in [7, 11) is 1.14. The van der Waals surface area contributed by atoms with Gasteiger partial charge in [0.25, 0.3) is 7.82 Å². The number of carbonyl (C=O) groups excluding carboxylic acids is 2. The molecule has 2 atom stereocenters. The lowest BCUT2D eigenvalue weighted by Gasteiger charge is -2.28. The number of allylic oxidation sites excluding steroid dienone is 22. The Balaban J connectivity index is 4.05. The average molecular weight is 1100 g/mol. The highest BCUT2D eigenvalue weighted by Crippen LogP contribution is 2.38. The summed E-state index contributed by atoms with van der Waals surface area (Å²) in [6, 6.07) is 0. The largest absolute Gasteiger partial charge is 0.756 e. The molecule has 0 aliphatic rings. The summed E-state index contributed by atoms with van der Waals surface area (Å²) in [5.41, 5.74) is 0. The first-order chi connectivity index (χ1) is 38.0. The molecule has 0 fully saturated rings. The molecule has 0 heterocycles. The molecule has 444 valence electrons. The first-order valence-corrected chi connectivity index (χ1v) is 32.4. The van der Waals surface area contributed by atoms with E-state index in [-0.39, 0.29) is 26.1 Å². The zero-order chi connectivity index (χ0) is 57.0. The van der Waals surface area contributed by atoms with Crippen LogP contribution in [0, 0.1) is 0 Å². The third-order valence-electron chi connectivity index (χ3n) is 12.7. The van der Waals surface area contributed by atoms with Gasteiger partial charge in [0.15, 0.2) is 6.10 Å². The van der Waals surface area contributed by atoms with E-state index < -0.39 is 32.5 Å². The van der Waals surface area contributed by atoms with Crippen molar-refractivity contribution in [2.45, 2.75) is 238 Å². The minimum Gasteiger partial charge on any atom is -0.756 e. The van der Waals surface area contributed by atoms with Crippen molar-refractivity contribution in [3.8, 4) is 0 Å². The first-order valence-electron chi connectivity index (χ1n) is 30.9. The quantitative estimate of drug-likeness (QED) is 0.0195. The molecular weight excluding hydrogens is 990 g/mol. The van der Waals surface area contributed by atoms with Gasteiger partial charge in [0.1, 0.15) is 19.8 Å². The Bertz CT molecular complexity index is 1780. The number of hydrogen-bond donors (Lipinski definition) is 0. The maximum Gasteiger partial charge on any atom is 0.306 e. The Kier molecular flexibility index (Phi) is 55.0. The van der Waals surface area contributed by atoms with E-state index in [1.54, 1.807) is 0 Å². The lowest BCUT2D eigenvalue weighted by Crippen LogP contribution is -2.37. The Morgan fingerprint density at radius 1 is 0.397 bits per heavy atom. The van der Waals surface area contributed by atoms with Crippen molar-refractivity contribution in [2.75, 3.05) is 47.5 Å². The number of phosphoric acid groups is 1. The van der Waals surface area contributed by atoms with Gasteiger partial charge >= 0.3 is 11.9 Å². The maximum atomic E-state index is 12.8. The van der Waals surface area contributed by atoms with Crippen LogP contribution in [0.2, 0.25) is 0 Å². The summed E-state index contributed by atoms with van der Waals surface area (Å²) in [4.78, 5) is 37.8. The first kappa shape index (κ1) is 74.2. The van der Waals surface area contributed by atoms with E-state index >= 15 is 0 Å². The number of rotatable bonds is 55. The van der Waals surface area contributed by atoms with Crippen LogP contribution < -0.4 is 4.89 Å². The highest BCUT2D eigenvalue weighted by atomic mass is 31.2. The Hall–Kier alpha value is -3.85. The molecule has 78 heavy (non-hydrogen) atoms. The second-order valence-corrected chi connectivity index (χ2v) is 22.7. The van der Waals surface area contributed by atoms with Crippen molar-refractivity contribution in [3.63, 3.8) is 0 Å². The molecule has 0 radical (unpaired) electrons.